The van der Waals surface area contributed by atoms with Crippen LogP contribution in [0.2, 0.25) is 0 Å². The molecule has 0 bridgehead atoms. The lowest BCUT2D eigenvalue weighted by Crippen LogP contribution is -2.07. The van der Waals surface area contributed by atoms with Gasteiger partial charge in [-0.1, -0.05) is 60.7 Å². The second kappa shape index (κ2) is 6.79. The SMILES string of the molecule is Cn1cc(C(=O)c2ccccc2)c2cc(-c3ccccc3)c3c(c21)CCCC3. The number of carbonyl (C=O) groups excluding carboxylic acids is 1. The first-order chi connectivity index (χ1) is 13.7. The summed E-state index contributed by atoms with van der Waals surface area (Å²) in [6, 6.07) is 22.5. The summed E-state index contributed by atoms with van der Waals surface area (Å²) in [6.45, 7) is 0. The molecule has 0 spiro atoms. The van der Waals surface area contributed by atoms with E-state index in [0.29, 0.717) is 0 Å². The van der Waals surface area contributed by atoms with Gasteiger partial charge in [0, 0.05) is 29.8 Å². The fourth-order valence-corrected chi connectivity index (χ4v) is 4.66. The van der Waals surface area contributed by atoms with Crippen LogP contribution in [0.15, 0.2) is 72.9 Å². The first kappa shape index (κ1) is 17.0. The molecule has 0 fully saturated rings. The van der Waals surface area contributed by atoms with Gasteiger partial charge >= 0.3 is 0 Å². The van der Waals surface area contributed by atoms with Crippen LogP contribution >= 0.6 is 0 Å². The van der Waals surface area contributed by atoms with Crippen LogP contribution in [0.25, 0.3) is 22.0 Å². The molecule has 0 atom stereocenters. The van der Waals surface area contributed by atoms with Crippen molar-refractivity contribution in [2.24, 2.45) is 7.05 Å². The molecule has 28 heavy (non-hydrogen) atoms. The van der Waals surface area contributed by atoms with Gasteiger partial charge in [-0.05, 0) is 54.0 Å². The van der Waals surface area contributed by atoms with Crippen molar-refractivity contribution in [2.75, 3.05) is 0 Å². The minimum Gasteiger partial charge on any atom is -0.350 e. The van der Waals surface area contributed by atoms with Crippen molar-refractivity contribution in [2.45, 2.75) is 25.7 Å². The van der Waals surface area contributed by atoms with E-state index in [-0.39, 0.29) is 5.78 Å². The monoisotopic (exact) mass is 365 g/mol. The number of benzene rings is 3. The molecule has 0 radical (unpaired) electrons. The minimum absolute atomic E-state index is 0.0981. The highest BCUT2D eigenvalue weighted by atomic mass is 16.1. The third-order valence-corrected chi connectivity index (χ3v) is 5.95. The third-order valence-electron chi connectivity index (χ3n) is 5.95. The second-order valence-electron chi connectivity index (χ2n) is 7.70. The Morgan fingerprint density at radius 2 is 1.50 bits per heavy atom. The predicted molar refractivity (Wildman–Crippen MR) is 115 cm³/mol. The number of aryl methyl sites for hydroxylation is 2. The Kier molecular flexibility index (Phi) is 4.12. The lowest BCUT2D eigenvalue weighted by Gasteiger charge is -2.22. The van der Waals surface area contributed by atoms with Crippen molar-refractivity contribution in [1.82, 2.24) is 4.57 Å². The van der Waals surface area contributed by atoms with Gasteiger partial charge < -0.3 is 4.57 Å². The van der Waals surface area contributed by atoms with E-state index in [1.54, 1.807) is 0 Å². The topological polar surface area (TPSA) is 22.0 Å². The van der Waals surface area contributed by atoms with Crippen LogP contribution in [0.3, 0.4) is 0 Å². The lowest BCUT2D eigenvalue weighted by atomic mass is 9.83. The van der Waals surface area contributed by atoms with E-state index in [2.05, 4.69) is 48.0 Å². The summed E-state index contributed by atoms with van der Waals surface area (Å²) in [5.41, 5.74) is 8.19. The smallest absolute Gasteiger partial charge is 0.195 e. The van der Waals surface area contributed by atoms with Crippen LogP contribution < -0.4 is 0 Å². The number of rotatable bonds is 3. The zero-order valence-electron chi connectivity index (χ0n) is 16.1. The molecule has 1 heterocycles. The molecular weight excluding hydrogens is 342 g/mol. The van der Waals surface area contributed by atoms with Gasteiger partial charge in [0.2, 0.25) is 0 Å². The molecular formula is C26H23NO. The minimum atomic E-state index is 0.0981. The first-order valence-electron chi connectivity index (χ1n) is 10.0. The van der Waals surface area contributed by atoms with Crippen molar-refractivity contribution in [3.8, 4) is 11.1 Å². The van der Waals surface area contributed by atoms with E-state index < -0.39 is 0 Å². The number of hydrogen-bond donors (Lipinski definition) is 0. The Morgan fingerprint density at radius 1 is 0.857 bits per heavy atom. The van der Waals surface area contributed by atoms with E-state index in [4.69, 9.17) is 0 Å². The van der Waals surface area contributed by atoms with E-state index in [9.17, 15) is 4.79 Å². The number of fused-ring (bicyclic) bond motifs is 3. The highest BCUT2D eigenvalue weighted by Gasteiger charge is 2.23. The number of ketones is 1. The molecule has 0 amide bonds. The van der Waals surface area contributed by atoms with E-state index in [1.807, 2.05) is 36.5 Å². The molecule has 2 heteroatoms. The zero-order valence-corrected chi connectivity index (χ0v) is 16.1. The van der Waals surface area contributed by atoms with E-state index in [1.165, 1.54) is 40.6 Å². The number of hydrogen-bond acceptors (Lipinski definition) is 1. The summed E-state index contributed by atoms with van der Waals surface area (Å²) in [7, 11) is 2.07. The number of aromatic nitrogens is 1. The highest BCUT2D eigenvalue weighted by Crippen LogP contribution is 2.39. The van der Waals surface area contributed by atoms with Crippen molar-refractivity contribution in [1.29, 1.82) is 0 Å². The molecule has 3 aromatic carbocycles. The Balaban J connectivity index is 1.80. The molecule has 2 nitrogen and oxygen atoms in total. The molecule has 1 aliphatic rings. The molecule has 1 aliphatic carbocycles. The summed E-state index contributed by atoms with van der Waals surface area (Å²) < 4.78 is 2.16. The van der Waals surface area contributed by atoms with Crippen LogP contribution in [0, 0.1) is 0 Å². The predicted octanol–water partition coefficient (Wildman–Crippen LogP) is 5.96. The van der Waals surface area contributed by atoms with Crippen LogP contribution in [0.5, 0.6) is 0 Å². The average molecular weight is 365 g/mol. The summed E-state index contributed by atoms with van der Waals surface area (Å²) in [5.74, 6) is 0.0981. The van der Waals surface area contributed by atoms with Gasteiger partial charge in [-0.15, -0.1) is 0 Å². The van der Waals surface area contributed by atoms with Gasteiger partial charge in [0.25, 0.3) is 0 Å². The Hall–Kier alpha value is -3.13. The highest BCUT2D eigenvalue weighted by molar-refractivity contribution is 6.17. The Labute approximate surface area is 165 Å². The van der Waals surface area contributed by atoms with E-state index >= 15 is 0 Å². The van der Waals surface area contributed by atoms with Crippen LogP contribution in [0.4, 0.5) is 0 Å². The maximum Gasteiger partial charge on any atom is 0.195 e. The number of nitrogens with zero attached hydrogens (tertiary/aromatic N) is 1. The molecule has 0 N–H and O–H groups in total. The normalized spacial score (nSPS) is 13.5. The molecule has 0 unspecified atom stereocenters. The molecule has 1 aromatic heterocycles. The van der Waals surface area contributed by atoms with Gasteiger partial charge in [0.05, 0.1) is 5.52 Å². The van der Waals surface area contributed by atoms with Crippen LogP contribution in [-0.4, -0.2) is 10.4 Å². The summed E-state index contributed by atoms with van der Waals surface area (Å²) >= 11 is 0. The van der Waals surface area contributed by atoms with Crippen molar-refractivity contribution >= 4 is 16.7 Å². The van der Waals surface area contributed by atoms with Gasteiger partial charge in [-0.2, -0.15) is 0 Å². The molecule has 0 saturated heterocycles. The van der Waals surface area contributed by atoms with Gasteiger partial charge in [-0.25, -0.2) is 0 Å². The maximum atomic E-state index is 13.3. The van der Waals surface area contributed by atoms with Crippen LogP contribution in [0.1, 0.15) is 39.9 Å². The van der Waals surface area contributed by atoms with Crippen molar-refractivity contribution in [3.63, 3.8) is 0 Å². The third kappa shape index (κ3) is 2.68. The summed E-state index contributed by atoms with van der Waals surface area (Å²) in [5, 5.41) is 1.08. The largest absolute Gasteiger partial charge is 0.350 e. The van der Waals surface area contributed by atoms with E-state index in [0.717, 1.165) is 29.4 Å². The summed E-state index contributed by atoms with van der Waals surface area (Å²) in [6.07, 6.45) is 6.67. The second-order valence-corrected chi connectivity index (χ2v) is 7.70. The Bertz CT molecular complexity index is 1170. The van der Waals surface area contributed by atoms with Gasteiger partial charge in [-0.3, -0.25) is 4.79 Å². The lowest BCUT2D eigenvalue weighted by molar-refractivity contribution is 0.104. The fraction of sp³-hybridized carbons (Fsp3) is 0.192. The molecule has 0 saturated carbocycles. The van der Waals surface area contributed by atoms with Crippen molar-refractivity contribution in [3.05, 3.63) is 95.2 Å². The first-order valence-corrected chi connectivity index (χ1v) is 10.0. The Morgan fingerprint density at radius 3 is 2.21 bits per heavy atom. The molecule has 4 aromatic rings. The number of carbonyl (C=O) groups is 1. The van der Waals surface area contributed by atoms with Crippen molar-refractivity contribution < 1.29 is 4.79 Å². The average Bonchev–Trinajstić information content (AvgIpc) is 3.10. The van der Waals surface area contributed by atoms with Crippen LogP contribution in [-0.2, 0) is 19.9 Å². The van der Waals surface area contributed by atoms with Gasteiger partial charge in [0.15, 0.2) is 5.78 Å². The quantitative estimate of drug-likeness (QED) is 0.411. The fourth-order valence-electron chi connectivity index (χ4n) is 4.66. The maximum absolute atomic E-state index is 13.3. The standard InChI is InChI=1S/C26H23NO/c1-27-17-24(26(28)19-12-6-3-7-13-19)23-16-22(18-10-4-2-5-11-18)20-14-8-9-15-21(20)25(23)27/h2-7,10-13,16-17H,8-9,14-15H2,1H3. The molecule has 5 rings (SSSR count). The zero-order chi connectivity index (χ0) is 19.1. The molecule has 0 aliphatic heterocycles. The summed E-state index contributed by atoms with van der Waals surface area (Å²) in [4.78, 5) is 13.3. The van der Waals surface area contributed by atoms with Gasteiger partial charge in [0.1, 0.15) is 0 Å². The molecule has 138 valence electrons.